The molecule has 2 aliphatic heterocycles. The second-order valence-corrected chi connectivity index (χ2v) is 7.73. The van der Waals surface area contributed by atoms with E-state index in [-0.39, 0.29) is 0 Å². The van der Waals surface area contributed by atoms with Crippen LogP contribution < -0.4 is 5.32 Å². The molecule has 0 saturated carbocycles. The summed E-state index contributed by atoms with van der Waals surface area (Å²) in [6.45, 7) is 17.6. The maximum atomic E-state index is 3.49. The number of hydrogen-bond acceptors (Lipinski definition) is 2. The Morgan fingerprint density at radius 3 is 2.29 bits per heavy atom. The van der Waals surface area contributed by atoms with Gasteiger partial charge in [-0.15, -0.1) is 0 Å². The van der Waals surface area contributed by atoms with Gasteiger partial charge in [0.2, 0.25) is 0 Å². The number of nitrogens with zero attached hydrogens (tertiary/aromatic N) is 1. The molecule has 0 aromatic heterocycles. The molecule has 0 bridgehead atoms. The highest BCUT2D eigenvalue weighted by Gasteiger charge is 2.46. The van der Waals surface area contributed by atoms with Gasteiger partial charge in [-0.3, -0.25) is 0 Å². The van der Waals surface area contributed by atoms with Crippen molar-refractivity contribution in [1.29, 1.82) is 0 Å². The molecule has 2 unspecified atom stereocenters. The topological polar surface area (TPSA) is 15.3 Å². The summed E-state index contributed by atoms with van der Waals surface area (Å²) in [6.07, 6.45) is 2.53. The predicted octanol–water partition coefficient (Wildman–Crippen LogP) is 2.87. The van der Waals surface area contributed by atoms with Gasteiger partial charge in [0.05, 0.1) is 0 Å². The molecule has 2 nitrogen and oxygen atoms in total. The molecule has 0 aromatic rings. The first-order chi connectivity index (χ1) is 7.71. The first-order valence-electron chi connectivity index (χ1n) is 6.89. The fourth-order valence-electron chi connectivity index (χ4n) is 3.36. The summed E-state index contributed by atoms with van der Waals surface area (Å²) in [7, 11) is 0. The fourth-order valence-corrected chi connectivity index (χ4v) is 3.36. The Kier molecular flexibility index (Phi) is 3.05. The minimum atomic E-state index is 0.341. The van der Waals surface area contributed by atoms with Gasteiger partial charge in [0.1, 0.15) is 0 Å². The average molecular weight is 236 g/mol. The molecule has 0 aromatic carbocycles. The van der Waals surface area contributed by atoms with E-state index in [1.165, 1.54) is 12.2 Å². The van der Waals surface area contributed by atoms with E-state index in [1.807, 2.05) is 0 Å². The van der Waals surface area contributed by atoms with Crippen LogP contribution in [0.1, 0.15) is 41.5 Å². The van der Waals surface area contributed by atoms with Crippen LogP contribution in [0, 0.1) is 16.7 Å². The van der Waals surface area contributed by atoms with E-state index in [1.54, 1.807) is 0 Å². The van der Waals surface area contributed by atoms with Gasteiger partial charge >= 0.3 is 0 Å². The van der Waals surface area contributed by atoms with Gasteiger partial charge in [0.25, 0.3) is 0 Å². The van der Waals surface area contributed by atoms with Crippen LogP contribution in [0.25, 0.3) is 0 Å². The molecule has 1 saturated heterocycles. The summed E-state index contributed by atoms with van der Waals surface area (Å²) in [4.78, 5) is 2.66. The minimum Gasteiger partial charge on any atom is -0.369 e. The average Bonchev–Trinajstić information content (AvgIpc) is 2.54. The van der Waals surface area contributed by atoms with Gasteiger partial charge < -0.3 is 10.2 Å². The standard InChI is InChI=1S/C15H28N2/c1-14(2,3)12-9-11-10-16-7-8-17(11)13(12)15(4,5)6/h9,12-13,16H,7-8,10H2,1-6H3. The third-order valence-corrected chi connectivity index (χ3v) is 4.14. The molecule has 17 heavy (non-hydrogen) atoms. The Hall–Kier alpha value is -0.500. The van der Waals surface area contributed by atoms with E-state index in [9.17, 15) is 0 Å². The predicted molar refractivity (Wildman–Crippen MR) is 73.8 cm³/mol. The molecule has 2 atom stereocenters. The lowest BCUT2D eigenvalue weighted by Gasteiger charge is -2.46. The molecule has 0 spiro atoms. The molecule has 98 valence electrons. The van der Waals surface area contributed by atoms with Gasteiger partial charge in [0.15, 0.2) is 0 Å². The zero-order valence-electron chi connectivity index (χ0n) is 12.3. The van der Waals surface area contributed by atoms with Gasteiger partial charge in [0, 0.05) is 37.3 Å². The van der Waals surface area contributed by atoms with Crippen LogP contribution in [0.2, 0.25) is 0 Å². The number of nitrogens with one attached hydrogen (secondary N) is 1. The zero-order valence-corrected chi connectivity index (χ0v) is 12.3. The lowest BCUT2D eigenvalue weighted by Crippen LogP contribution is -2.51. The molecule has 2 heteroatoms. The van der Waals surface area contributed by atoms with Crippen molar-refractivity contribution in [2.24, 2.45) is 16.7 Å². The number of piperazine rings is 1. The van der Waals surface area contributed by atoms with E-state index < -0.39 is 0 Å². The number of rotatable bonds is 0. The molecule has 2 rings (SSSR count). The van der Waals surface area contributed by atoms with Crippen LogP contribution >= 0.6 is 0 Å². The van der Waals surface area contributed by atoms with E-state index in [0.717, 1.165) is 13.1 Å². The van der Waals surface area contributed by atoms with Gasteiger partial charge in [-0.25, -0.2) is 0 Å². The van der Waals surface area contributed by atoms with Crippen LogP contribution in [0.4, 0.5) is 0 Å². The summed E-state index contributed by atoms with van der Waals surface area (Å²) in [5, 5.41) is 3.49. The Labute approximate surface area is 106 Å². The zero-order chi connectivity index (χ0) is 12.8. The molecule has 2 heterocycles. The van der Waals surface area contributed by atoms with Gasteiger partial charge in [-0.05, 0) is 10.8 Å². The summed E-state index contributed by atoms with van der Waals surface area (Å²) in [5.74, 6) is 0.664. The van der Waals surface area contributed by atoms with Crippen LogP contribution in [0.5, 0.6) is 0 Å². The Balaban J connectivity index is 2.33. The molecule has 0 aliphatic carbocycles. The molecular formula is C15H28N2. The molecule has 2 aliphatic rings. The molecule has 0 radical (unpaired) electrons. The summed E-state index contributed by atoms with van der Waals surface area (Å²) in [5.41, 5.74) is 2.21. The maximum absolute atomic E-state index is 3.49. The number of fused-ring (bicyclic) bond motifs is 1. The van der Waals surface area contributed by atoms with Crippen molar-refractivity contribution in [2.45, 2.75) is 47.6 Å². The van der Waals surface area contributed by atoms with Crippen LogP contribution in [-0.2, 0) is 0 Å². The largest absolute Gasteiger partial charge is 0.369 e. The Morgan fingerprint density at radius 1 is 1.12 bits per heavy atom. The van der Waals surface area contributed by atoms with Crippen molar-refractivity contribution in [3.8, 4) is 0 Å². The van der Waals surface area contributed by atoms with Crippen LogP contribution in [0.3, 0.4) is 0 Å². The van der Waals surface area contributed by atoms with Crippen molar-refractivity contribution in [3.05, 3.63) is 11.8 Å². The van der Waals surface area contributed by atoms with Crippen molar-refractivity contribution in [3.63, 3.8) is 0 Å². The Bertz CT molecular complexity index is 317. The van der Waals surface area contributed by atoms with Crippen molar-refractivity contribution in [1.82, 2.24) is 10.2 Å². The van der Waals surface area contributed by atoms with Gasteiger partial charge in [-0.1, -0.05) is 47.6 Å². The first kappa shape index (κ1) is 12.9. The lowest BCUT2D eigenvalue weighted by molar-refractivity contribution is 0.0665. The van der Waals surface area contributed by atoms with Crippen molar-refractivity contribution in [2.75, 3.05) is 19.6 Å². The highest BCUT2D eigenvalue weighted by atomic mass is 15.3. The van der Waals surface area contributed by atoms with Gasteiger partial charge in [-0.2, -0.15) is 0 Å². The summed E-state index contributed by atoms with van der Waals surface area (Å²) >= 11 is 0. The second kappa shape index (κ2) is 4.01. The van der Waals surface area contributed by atoms with E-state index >= 15 is 0 Å². The third kappa shape index (κ3) is 2.37. The summed E-state index contributed by atoms with van der Waals surface area (Å²) in [6, 6.07) is 0.652. The monoisotopic (exact) mass is 236 g/mol. The lowest BCUT2D eigenvalue weighted by atomic mass is 9.69. The van der Waals surface area contributed by atoms with E-state index in [4.69, 9.17) is 0 Å². The van der Waals surface area contributed by atoms with Crippen molar-refractivity contribution < 1.29 is 0 Å². The van der Waals surface area contributed by atoms with Crippen LogP contribution in [-0.4, -0.2) is 30.6 Å². The first-order valence-corrected chi connectivity index (χ1v) is 6.89. The molecular weight excluding hydrogens is 208 g/mol. The van der Waals surface area contributed by atoms with E-state index in [0.29, 0.717) is 22.8 Å². The molecule has 0 amide bonds. The Morgan fingerprint density at radius 2 is 1.76 bits per heavy atom. The number of hydrogen-bond donors (Lipinski definition) is 1. The molecule has 1 fully saturated rings. The second-order valence-electron chi connectivity index (χ2n) is 7.73. The fraction of sp³-hybridized carbons (Fsp3) is 0.867. The SMILES string of the molecule is CC(C)(C)C1C=C2CNCCN2C1C(C)(C)C. The highest BCUT2D eigenvalue weighted by molar-refractivity contribution is 5.22. The van der Waals surface area contributed by atoms with E-state index in [2.05, 4.69) is 57.8 Å². The van der Waals surface area contributed by atoms with Crippen LogP contribution in [0.15, 0.2) is 11.8 Å². The normalized spacial score (nSPS) is 30.2. The summed E-state index contributed by atoms with van der Waals surface area (Å²) < 4.78 is 0. The smallest absolute Gasteiger partial charge is 0.0404 e. The third-order valence-electron chi connectivity index (χ3n) is 4.14. The highest BCUT2D eigenvalue weighted by Crippen LogP contribution is 2.46. The van der Waals surface area contributed by atoms with Crippen molar-refractivity contribution >= 4 is 0 Å². The molecule has 1 N–H and O–H groups in total. The maximum Gasteiger partial charge on any atom is 0.0404 e. The quantitative estimate of drug-likeness (QED) is 0.696. The minimum absolute atomic E-state index is 0.341.